The highest BCUT2D eigenvalue weighted by Gasteiger charge is 2.20. The van der Waals surface area contributed by atoms with Crippen LogP contribution in [0.5, 0.6) is 0 Å². The summed E-state index contributed by atoms with van der Waals surface area (Å²) in [5.41, 5.74) is 2.81. The maximum absolute atomic E-state index is 12.3. The number of aromatic nitrogens is 4. The number of rotatable bonds is 8. The number of aryl methyl sites for hydroxylation is 2. The molecule has 2 aliphatic heterocycles. The Morgan fingerprint density at radius 2 is 1.93 bits per heavy atom. The normalized spacial score (nSPS) is 11.4. The minimum atomic E-state index is -0.668. The van der Waals surface area contributed by atoms with Gasteiger partial charge in [-0.15, -0.1) is 0 Å². The first-order valence-electron chi connectivity index (χ1n) is 9.72. The van der Waals surface area contributed by atoms with E-state index in [-0.39, 0.29) is 12.3 Å². The Hall–Kier alpha value is -2.74. The Morgan fingerprint density at radius 3 is 2.61 bits per heavy atom. The number of nitrogens with one attached hydrogen (secondary N) is 1. The molecule has 28 heavy (non-hydrogen) atoms. The van der Waals surface area contributed by atoms with E-state index < -0.39 is 11.2 Å². The van der Waals surface area contributed by atoms with Crippen molar-refractivity contribution in [3.63, 3.8) is 0 Å². The molecule has 0 aromatic heterocycles. The van der Waals surface area contributed by atoms with Crippen LogP contribution < -0.4 is 16.1 Å². The van der Waals surface area contributed by atoms with Crippen molar-refractivity contribution >= 4 is 16.7 Å². The maximum Gasteiger partial charge on any atom is 0.349 e. The molecule has 0 amide bonds. The highest BCUT2D eigenvalue weighted by molar-refractivity contribution is 5.84. The van der Waals surface area contributed by atoms with Crippen LogP contribution in [0.25, 0.3) is 22.6 Å². The first-order chi connectivity index (χ1) is 13.5. The summed E-state index contributed by atoms with van der Waals surface area (Å²) in [6.45, 7) is 2.87. The smallest absolute Gasteiger partial charge is 0.349 e. The zero-order valence-electron chi connectivity index (χ0n) is 16.7. The molecule has 8 heteroatoms. The number of hydrogen-bond acceptors (Lipinski definition) is 6. The molecule has 0 atom stereocenters. The monoisotopic (exact) mass is 385 g/mol. The summed E-state index contributed by atoms with van der Waals surface area (Å²) >= 11 is 0. The average Bonchev–Trinajstić information content (AvgIpc) is 2.64. The fourth-order valence-electron chi connectivity index (χ4n) is 3.54. The maximum atomic E-state index is 12.3. The Bertz CT molecular complexity index is 1050. The SMILES string of the molecule is CCCc1cc2nc3c(=O)[nH]c(=O)nc-3n(CCCCCO)c2cc1N(C)C. The van der Waals surface area contributed by atoms with Crippen molar-refractivity contribution < 1.29 is 5.11 Å². The number of unbranched alkanes of at least 4 members (excludes halogenated alkanes) is 2. The van der Waals surface area contributed by atoms with Gasteiger partial charge in [-0.25, -0.2) is 9.78 Å². The van der Waals surface area contributed by atoms with Crippen LogP contribution in [-0.4, -0.2) is 45.3 Å². The van der Waals surface area contributed by atoms with E-state index >= 15 is 0 Å². The van der Waals surface area contributed by atoms with Crippen LogP contribution in [-0.2, 0) is 13.0 Å². The Morgan fingerprint density at radius 1 is 1.14 bits per heavy atom. The largest absolute Gasteiger partial charge is 0.396 e. The topological polar surface area (TPSA) is 104 Å². The van der Waals surface area contributed by atoms with Gasteiger partial charge in [-0.1, -0.05) is 13.3 Å². The predicted octanol–water partition coefficient (Wildman–Crippen LogP) is 1.77. The van der Waals surface area contributed by atoms with Crippen molar-refractivity contribution in [2.45, 2.75) is 45.6 Å². The third-order valence-corrected chi connectivity index (χ3v) is 4.85. The number of anilines is 1. The minimum Gasteiger partial charge on any atom is -0.396 e. The fourth-order valence-corrected chi connectivity index (χ4v) is 3.54. The first-order valence-corrected chi connectivity index (χ1v) is 9.72. The van der Waals surface area contributed by atoms with Gasteiger partial charge in [-0.05, 0) is 43.4 Å². The highest BCUT2D eigenvalue weighted by atomic mass is 16.3. The molecule has 0 spiro atoms. The van der Waals surface area contributed by atoms with Crippen LogP contribution in [0.15, 0.2) is 21.7 Å². The van der Waals surface area contributed by atoms with E-state index in [2.05, 4.69) is 32.8 Å². The van der Waals surface area contributed by atoms with E-state index in [9.17, 15) is 9.59 Å². The summed E-state index contributed by atoms with van der Waals surface area (Å²) < 4.78 is 1.91. The molecule has 2 heterocycles. The summed E-state index contributed by atoms with van der Waals surface area (Å²) in [5, 5.41) is 9.04. The van der Waals surface area contributed by atoms with Crippen molar-refractivity contribution in [3.8, 4) is 11.5 Å². The highest BCUT2D eigenvalue weighted by Crippen LogP contribution is 2.29. The van der Waals surface area contributed by atoms with Gasteiger partial charge < -0.3 is 14.6 Å². The van der Waals surface area contributed by atoms with Gasteiger partial charge in [0.25, 0.3) is 5.56 Å². The molecule has 3 rings (SSSR count). The second kappa shape index (κ2) is 8.52. The molecule has 1 aromatic rings. The number of H-pyrrole nitrogens is 1. The van der Waals surface area contributed by atoms with Crippen LogP contribution in [0, 0.1) is 0 Å². The number of aliphatic hydroxyl groups is 1. The zero-order valence-corrected chi connectivity index (χ0v) is 16.7. The molecular formula is C20H27N5O3. The number of aromatic amines is 1. The summed E-state index contributed by atoms with van der Waals surface area (Å²) in [7, 11) is 4.00. The number of benzene rings is 1. The Kier molecular flexibility index (Phi) is 6.08. The molecule has 0 unspecified atom stereocenters. The van der Waals surface area contributed by atoms with Gasteiger partial charge in [0, 0.05) is 32.9 Å². The van der Waals surface area contributed by atoms with Crippen LogP contribution in [0.1, 0.15) is 38.2 Å². The molecule has 1 aromatic carbocycles. The van der Waals surface area contributed by atoms with Crippen LogP contribution >= 0.6 is 0 Å². The van der Waals surface area contributed by atoms with Gasteiger partial charge in [0.2, 0.25) is 0 Å². The molecule has 2 N–H and O–H groups in total. The lowest BCUT2D eigenvalue weighted by atomic mass is 10.1. The molecule has 0 fully saturated rings. The van der Waals surface area contributed by atoms with Gasteiger partial charge >= 0.3 is 5.69 Å². The number of nitrogens with zero attached hydrogens (tertiary/aromatic N) is 4. The van der Waals surface area contributed by atoms with Crippen molar-refractivity contribution in [1.29, 1.82) is 0 Å². The van der Waals surface area contributed by atoms with E-state index in [4.69, 9.17) is 5.11 Å². The van der Waals surface area contributed by atoms with Crippen molar-refractivity contribution in [1.82, 2.24) is 19.5 Å². The lowest BCUT2D eigenvalue weighted by Crippen LogP contribution is -2.29. The third kappa shape index (κ3) is 3.91. The lowest BCUT2D eigenvalue weighted by Gasteiger charge is -2.22. The van der Waals surface area contributed by atoms with Gasteiger partial charge in [0.1, 0.15) is 0 Å². The first kappa shape index (κ1) is 20.0. The van der Waals surface area contributed by atoms with E-state index in [0.717, 1.165) is 42.4 Å². The molecule has 0 aliphatic carbocycles. The molecule has 150 valence electrons. The summed E-state index contributed by atoms with van der Waals surface area (Å²) in [5.74, 6) is 0.304. The second-order valence-corrected chi connectivity index (χ2v) is 7.21. The van der Waals surface area contributed by atoms with Gasteiger partial charge in [0.15, 0.2) is 11.5 Å². The Labute approximate surface area is 163 Å². The molecular weight excluding hydrogens is 358 g/mol. The number of aliphatic hydroxyl groups excluding tert-OH is 1. The number of fused-ring (bicyclic) bond motifs is 2. The Balaban J connectivity index is 2.29. The van der Waals surface area contributed by atoms with Gasteiger partial charge in [0.05, 0.1) is 11.0 Å². The van der Waals surface area contributed by atoms with Gasteiger partial charge in [-0.3, -0.25) is 9.78 Å². The fraction of sp³-hybridized carbons (Fsp3) is 0.500. The van der Waals surface area contributed by atoms with E-state index in [1.54, 1.807) is 0 Å². The van der Waals surface area contributed by atoms with E-state index in [0.29, 0.717) is 18.8 Å². The lowest BCUT2D eigenvalue weighted by molar-refractivity contribution is 0.282. The standard InChI is InChI=1S/C20H27N5O3/c1-4-8-13-11-14-16(12-15(13)24(2)3)25(9-6-5-7-10-26)18-17(21-14)19(27)23-20(28)22-18/h11-12,26H,4-10H2,1-3H3,(H,23,27,28). The minimum absolute atomic E-state index is 0.149. The molecule has 0 bridgehead atoms. The van der Waals surface area contributed by atoms with Crippen LogP contribution in [0.2, 0.25) is 0 Å². The predicted molar refractivity (Wildman–Crippen MR) is 110 cm³/mol. The average molecular weight is 385 g/mol. The molecule has 2 aliphatic rings. The van der Waals surface area contributed by atoms with Gasteiger partial charge in [-0.2, -0.15) is 4.98 Å². The molecule has 8 nitrogen and oxygen atoms in total. The van der Waals surface area contributed by atoms with Crippen molar-refractivity contribution in [3.05, 3.63) is 38.5 Å². The van der Waals surface area contributed by atoms with E-state index in [1.165, 1.54) is 5.56 Å². The zero-order chi connectivity index (χ0) is 20.3. The van der Waals surface area contributed by atoms with Crippen molar-refractivity contribution in [2.75, 3.05) is 25.6 Å². The van der Waals surface area contributed by atoms with Crippen LogP contribution in [0.3, 0.4) is 0 Å². The summed E-state index contributed by atoms with van der Waals surface area (Å²) in [6.07, 6.45) is 4.27. The number of hydrogen-bond donors (Lipinski definition) is 2. The molecule has 0 radical (unpaired) electrons. The quantitative estimate of drug-likeness (QED) is 0.452. The third-order valence-electron chi connectivity index (χ3n) is 4.85. The molecule has 0 saturated carbocycles. The summed E-state index contributed by atoms with van der Waals surface area (Å²) in [6, 6.07) is 4.09. The van der Waals surface area contributed by atoms with Crippen LogP contribution in [0.4, 0.5) is 5.69 Å². The second-order valence-electron chi connectivity index (χ2n) is 7.21. The van der Waals surface area contributed by atoms with Crippen molar-refractivity contribution in [2.24, 2.45) is 0 Å². The molecule has 0 saturated heterocycles. The van der Waals surface area contributed by atoms with E-state index in [1.807, 2.05) is 24.7 Å². The summed E-state index contributed by atoms with van der Waals surface area (Å²) in [4.78, 5) is 37.0.